The van der Waals surface area contributed by atoms with Crippen molar-refractivity contribution in [3.8, 4) is 0 Å². The third kappa shape index (κ3) is 3.62. The lowest BCUT2D eigenvalue weighted by molar-refractivity contribution is -0.129. The standard InChI is InChI=1S/C24H24N4O4/c29-20(25-19-9-11-28(21(19)30)14-15-4-2-1-3-5-15)17-6-7-18-13-24(10-8-16(18)12-17)22(31)26-23(32)27-24/h1-7,12,19H,8-11,13-14H2,(H,25,29)(H2,26,27,31,32). The number of benzene rings is 2. The summed E-state index contributed by atoms with van der Waals surface area (Å²) in [5, 5.41) is 7.94. The van der Waals surface area contributed by atoms with Gasteiger partial charge in [0.25, 0.3) is 11.8 Å². The highest BCUT2D eigenvalue weighted by molar-refractivity contribution is 6.07. The number of hydrogen-bond acceptors (Lipinski definition) is 4. The minimum Gasteiger partial charge on any atom is -0.340 e. The van der Waals surface area contributed by atoms with Gasteiger partial charge in [-0.1, -0.05) is 36.4 Å². The number of likely N-dealkylation sites (tertiary alicyclic amines) is 1. The van der Waals surface area contributed by atoms with Crippen LogP contribution in [0.4, 0.5) is 4.79 Å². The Morgan fingerprint density at radius 1 is 1.09 bits per heavy atom. The SMILES string of the molecule is O=C1NC(=O)C2(CCc3cc(C(=O)NC4CCN(Cc5ccccc5)C4=O)ccc3C2)N1. The Kier molecular flexibility index (Phi) is 4.92. The van der Waals surface area contributed by atoms with Gasteiger partial charge in [0.05, 0.1) is 0 Å². The zero-order valence-corrected chi connectivity index (χ0v) is 17.5. The van der Waals surface area contributed by atoms with Crippen molar-refractivity contribution in [2.75, 3.05) is 6.54 Å². The van der Waals surface area contributed by atoms with E-state index in [0.29, 0.717) is 44.3 Å². The molecule has 5 amide bonds. The van der Waals surface area contributed by atoms with Crippen molar-refractivity contribution in [1.82, 2.24) is 20.9 Å². The fraction of sp³-hybridized carbons (Fsp3) is 0.333. The summed E-state index contributed by atoms with van der Waals surface area (Å²) >= 11 is 0. The number of aryl methyl sites for hydroxylation is 1. The van der Waals surface area contributed by atoms with Gasteiger partial charge in [-0.25, -0.2) is 4.79 Å². The van der Waals surface area contributed by atoms with Gasteiger partial charge in [-0.3, -0.25) is 19.7 Å². The molecule has 2 unspecified atom stereocenters. The Labute approximate surface area is 185 Å². The first-order valence-electron chi connectivity index (χ1n) is 10.8. The molecule has 1 spiro atoms. The van der Waals surface area contributed by atoms with Crippen LogP contribution in [0, 0.1) is 0 Å². The highest BCUT2D eigenvalue weighted by Gasteiger charge is 2.47. The van der Waals surface area contributed by atoms with Gasteiger partial charge in [-0.15, -0.1) is 0 Å². The molecule has 3 aliphatic rings. The molecule has 2 heterocycles. The molecule has 3 N–H and O–H groups in total. The summed E-state index contributed by atoms with van der Waals surface area (Å²) in [6.45, 7) is 1.15. The van der Waals surface area contributed by atoms with Crippen LogP contribution in [0.1, 0.15) is 39.9 Å². The molecule has 8 heteroatoms. The van der Waals surface area contributed by atoms with Gasteiger partial charge in [0.2, 0.25) is 5.91 Å². The van der Waals surface area contributed by atoms with E-state index < -0.39 is 17.6 Å². The third-order valence-corrected chi connectivity index (χ3v) is 6.62. The van der Waals surface area contributed by atoms with Crippen LogP contribution < -0.4 is 16.0 Å². The lowest BCUT2D eigenvalue weighted by Gasteiger charge is -2.32. The average molecular weight is 432 g/mol. The molecular formula is C24H24N4O4. The van der Waals surface area contributed by atoms with E-state index in [0.717, 1.165) is 16.7 Å². The first kappa shape index (κ1) is 20.2. The Bertz CT molecular complexity index is 1120. The van der Waals surface area contributed by atoms with Crippen molar-refractivity contribution in [2.45, 2.75) is 43.8 Å². The van der Waals surface area contributed by atoms with Crippen LogP contribution in [0.25, 0.3) is 0 Å². The molecule has 2 atom stereocenters. The average Bonchev–Trinajstić information content (AvgIpc) is 3.26. The number of amides is 5. The van der Waals surface area contributed by atoms with Gasteiger partial charge in [0.15, 0.2) is 0 Å². The van der Waals surface area contributed by atoms with Crippen LogP contribution in [-0.2, 0) is 29.0 Å². The van der Waals surface area contributed by atoms with Gasteiger partial charge in [-0.05, 0) is 48.1 Å². The van der Waals surface area contributed by atoms with Crippen LogP contribution in [0.5, 0.6) is 0 Å². The Morgan fingerprint density at radius 2 is 1.91 bits per heavy atom. The number of imide groups is 1. The zero-order chi connectivity index (χ0) is 22.3. The summed E-state index contributed by atoms with van der Waals surface area (Å²) in [6.07, 6.45) is 2.05. The lowest BCUT2D eigenvalue weighted by Crippen LogP contribution is -2.51. The molecule has 2 aromatic rings. The monoisotopic (exact) mass is 432 g/mol. The van der Waals surface area contributed by atoms with Crippen molar-refractivity contribution in [3.05, 3.63) is 70.8 Å². The smallest absolute Gasteiger partial charge is 0.322 e. The summed E-state index contributed by atoms with van der Waals surface area (Å²) in [5.74, 6) is -0.639. The highest BCUT2D eigenvalue weighted by atomic mass is 16.2. The molecule has 0 saturated carbocycles. The minimum absolute atomic E-state index is 0.0647. The number of nitrogens with one attached hydrogen (secondary N) is 3. The summed E-state index contributed by atoms with van der Waals surface area (Å²) < 4.78 is 0. The van der Waals surface area contributed by atoms with Crippen LogP contribution in [0.15, 0.2) is 48.5 Å². The van der Waals surface area contributed by atoms with E-state index in [-0.39, 0.29) is 17.7 Å². The number of hydrogen-bond donors (Lipinski definition) is 3. The van der Waals surface area contributed by atoms with E-state index in [1.165, 1.54) is 0 Å². The van der Waals surface area contributed by atoms with Crippen molar-refractivity contribution in [1.29, 1.82) is 0 Å². The maximum Gasteiger partial charge on any atom is 0.322 e. The fourth-order valence-corrected chi connectivity index (χ4v) is 4.84. The summed E-state index contributed by atoms with van der Waals surface area (Å²) in [6, 6.07) is 14.2. The van der Waals surface area contributed by atoms with Gasteiger partial charge >= 0.3 is 6.03 Å². The molecule has 0 radical (unpaired) electrons. The Morgan fingerprint density at radius 3 is 2.66 bits per heavy atom. The largest absolute Gasteiger partial charge is 0.340 e. The Balaban J connectivity index is 1.24. The zero-order valence-electron chi connectivity index (χ0n) is 17.5. The minimum atomic E-state index is -0.896. The van der Waals surface area contributed by atoms with Crippen molar-refractivity contribution >= 4 is 23.8 Å². The highest BCUT2D eigenvalue weighted by Crippen LogP contribution is 2.31. The van der Waals surface area contributed by atoms with Crippen molar-refractivity contribution in [2.24, 2.45) is 0 Å². The van der Waals surface area contributed by atoms with E-state index in [1.54, 1.807) is 11.0 Å². The number of nitrogens with zero attached hydrogens (tertiary/aromatic N) is 1. The van der Waals surface area contributed by atoms with E-state index in [2.05, 4.69) is 16.0 Å². The molecule has 0 bridgehead atoms. The number of carbonyl (C=O) groups is 4. The van der Waals surface area contributed by atoms with Crippen molar-refractivity contribution in [3.63, 3.8) is 0 Å². The second-order valence-electron chi connectivity index (χ2n) is 8.71. The molecule has 2 fully saturated rings. The van der Waals surface area contributed by atoms with Gasteiger partial charge in [0.1, 0.15) is 11.6 Å². The molecule has 2 saturated heterocycles. The van der Waals surface area contributed by atoms with Crippen molar-refractivity contribution < 1.29 is 19.2 Å². The molecular weight excluding hydrogens is 408 g/mol. The molecule has 2 aliphatic heterocycles. The first-order valence-corrected chi connectivity index (χ1v) is 10.8. The second-order valence-corrected chi connectivity index (χ2v) is 8.71. The van der Waals surface area contributed by atoms with E-state index >= 15 is 0 Å². The van der Waals surface area contributed by atoms with Gasteiger partial charge in [0, 0.05) is 25.1 Å². The van der Waals surface area contributed by atoms with Gasteiger partial charge in [-0.2, -0.15) is 0 Å². The summed E-state index contributed by atoms with van der Waals surface area (Å²) in [4.78, 5) is 51.1. The van der Waals surface area contributed by atoms with Crippen LogP contribution >= 0.6 is 0 Å². The molecule has 32 heavy (non-hydrogen) atoms. The van der Waals surface area contributed by atoms with Gasteiger partial charge < -0.3 is 15.5 Å². The molecule has 164 valence electrons. The second kappa shape index (κ2) is 7.78. The lowest BCUT2D eigenvalue weighted by atomic mass is 9.77. The number of carbonyl (C=O) groups excluding carboxylic acids is 4. The maximum atomic E-state index is 12.8. The number of urea groups is 1. The molecule has 8 nitrogen and oxygen atoms in total. The molecule has 1 aliphatic carbocycles. The quantitative estimate of drug-likeness (QED) is 0.633. The molecule has 0 aromatic heterocycles. The number of rotatable bonds is 4. The number of fused-ring (bicyclic) bond motifs is 1. The van der Waals surface area contributed by atoms with E-state index in [1.807, 2.05) is 42.5 Å². The van der Waals surface area contributed by atoms with Crippen LogP contribution in [-0.4, -0.2) is 46.8 Å². The molecule has 5 rings (SSSR count). The van der Waals surface area contributed by atoms with E-state index in [4.69, 9.17) is 0 Å². The topological polar surface area (TPSA) is 108 Å². The maximum absolute atomic E-state index is 12.8. The van der Waals surface area contributed by atoms with Crippen LogP contribution in [0.3, 0.4) is 0 Å². The summed E-state index contributed by atoms with van der Waals surface area (Å²) in [7, 11) is 0. The third-order valence-electron chi connectivity index (χ3n) is 6.62. The Hall–Kier alpha value is -3.68. The molecule has 2 aromatic carbocycles. The predicted molar refractivity (Wildman–Crippen MR) is 116 cm³/mol. The normalized spacial score (nSPS) is 24.3. The fourth-order valence-electron chi connectivity index (χ4n) is 4.84. The first-order chi connectivity index (χ1) is 15.4. The predicted octanol–water partition coefficient (Wildman–Crippen LogP) is 1.28. The van der Waals surface area contributed by atoms with E-state index in [9.17, 15) is 19.2 Å². The van der Waals surface area contributed by atoms with Crippen LogP contribution in [0.2, 0.25) is 0 Å². The summed E-state index contributed by atoms with van der Waals surface area (Å²) in [5.41, 5.74) is 2.59.